The molecule has 0 saturated carbocycles. The number of hydrogen-bond acceptors (Lipinski definition) is 4. The molecule has 1 aromatic carbocycles. The van der Waals surface area contributed by atoms with Gasteiger partial charge < -0.3 is 10.5 Å². The van der Waals surface area contributed by atoms with Crippen LogP contribution in [0.25, 0.3) is 0 Å². The molecule has 6 heteroatoms. The summed E-state index contributed by atoms with van der Waals surface area (Å²) in [5.74, 6) is 0. The summed E-state index contributed by atoms with van der Waals surface area (Å²) in [5.41, 5.74) is 6.86. The van der Waals surface area contributed by atoms with E-state index in [4.69, 9.17) is 10.5 Å². The summed E-state index contributed by atoms with van der Waals surface area (Å²) < 4.78 is 31.8. The van der Waals surface area contributed by atoms with Gasteiger partial charge in [0.1, 0.15) is 0 Å². The first-order valence-corrected chi connectivity index (χ1v) is 7.40. The second kappa shape index (κ2) is 5.26. The van der Waals surface area contributed by atoms with Gasteiger partial charge >= 0.3 is 0 Å². The van der Waals surface area contributed by atoms with Crippen molar-refractivity contribution < 1.29 is 13.2 Å². The summed E-state index contributed by atoms with van der Waals surface area (Å²) in [6.45, 7) is 3.73. The lowest BCUT2D eigenvalue weighted by atomic mass is 10.2. The van der Waals surface area contributed by atoms with Crippen molar-refractivity contribution in [2.24, 2.45) is 0 Å². The maximum absolute atomic E-state index is 12.5. The van der Waals surface area contributed by atoms with Gasteiger partial charge in [0.05, 0.1) is 11.5 Å². The van der Waals surface area contributed by atoms with E-state index in [2.05, 4.69) is 0 Å². The Hall–Kier alpha value is -1.11. The zero-order chi connectivity index (χ0) is 13.2. The van der Waals surface area contributed by atoms with Gasteiger partial charge in [-0.05, 0) is 31.0 Å². The highest BCUT2D eigenvalue weighted by molar-refractivity contribution is 7.89. The van der Waals surface area contributed by atoms with Crippen LogP contribution in [0.2, 0.25) is 0 Å². The van der Waals surface area contributed by atoms with Gasteiger partial charge in [0.2, 0.25) is 10.0 Å². The van der Waals surface area contributed by atoms with Gasteiger partial charge in [-0.25, -0.2) is 8.42 Å². The number of hydrogen-bond donors (Lipinski definition) is 1. The minimum absolute atomic E-state index is 0.296. The Bertz CT molecular complexity index is 520. The predicted octanol–water partition coefficient (Wildman–Crippen LogP) is 0.988. The van der Waals surface area contributed by atoms with Gasteiger partial charge in [-0.2, -0.15) is 4.31 Å². The topological polar surface area (TPSA) is 72.6 Å². The van der Waals surface area contributed by atoms with Crippen molar-refractivity contribution in [2.45, 2.75) is 18.2 Å². The summed E-state index contributed by atoms with van der Waals surface area (Å²) in [7, 11) is -3.47. The fourth-order valence-corrected chi connectivity index (χ4v) is 3.72. The highest BCUT2D eigenvalue weighted by Gasteiger charge is 2.26. The molecule has 0 aromatic heterocycles. The molecule has 1 saturated heterocycles. The standard InChI is InChI=1S/C12H18N2O3S/c1-10-3-4-11(13)9-12(10)18(15,16)14-5-2-7-17-8-6-14/h3-4,9H,2,5-8,13H2,1H3. The molecule has 1 aromatic rings. The maximum Gasteiger partial charge on any atom is 0.243 e. The number of nitrogens with two attached hydrogens (primary N) is 1. The Balaban J connectivity index is 2.37. The Kier molecular flexibility index (Phi) is 3.89. The minimum atomic E-state index is -3.47. The number of ether oxygens (including phenoxy) is 1. The van der Waals surface area contributed by atoms with Crippen LogP contribution in [0.4, 0.5) is 5.69 Å². The molecule has 2 N–H and O–H groups in total. The molecule has 0 spiro atoms. The van der Waals surface area contributed by atoms with E-state index in [1.165, 1.54) is 10.4 Å². The lowest BCUT2D eigenvalue weighted by Crippen LogP contribution is -2.33. The Labute approximate surface area is 108 Å². The summed E-state index contributed by atoms with van der Waals surface area (Å²) in [6.07, 6.45) is 0.723. The molecule has 0 amide bonds. The Morgan fingerprint density at radius 3 is 2.83 bits per heavy atom. The van der Waals surface area contributed by atoms with Crippen LogP contribution in [-0.4, -0.2) is 39.0 Å². The SMILES string of the molecule is Cc1ccc(N)cc1S(=O)(=O)N1CCCOCC1. The highest BCUT2D eigenvalue weighted by Crippen LogP contribution is 2.23. The van der Waals surface area contributed by atoms with Gasteiger partial charge in [-0.15, -0.1) is 0 Å². The molecule has 1 aliphatic heterocycles. The van der Waals surface area contributed by atoms with Gasteiger partial charge in [-0.3, -0.25) is 0 Å². The molecule has 1 fully saturated rings. The van der Waals surface area contributed by atoms with Crippen LogP contribution >= 0.6 is 0 Å². The highest BCUT2D eigenvalue weighted by atomic mass is 32.2. The van der Waals surface area contributed by atoms with Gasteiger partial charge in [0.15, 0.2) is 0 Å². The maximum atomic E-state index is 12.5. The van der Waals surface area contributed by atoms with E-state index in [0.29, 0.717) is 36.9 Å². The second-order valence-corrected chi connectivity index (χ2v) is 6.30. The van der Waals surface area contributed by atoms with Crippen molar-refractivity contribution in [3.63, 3.8) is 0 Å². The number of benzene rings is 1. The monoisotopic (exact) mass is 270 g/mol. The molecule has 5 nitrogen and oxygen atoms in total. The molecular weight excluding hydrogens is 252 g/mol. The van der Waals surface area contributed by atoms with Gasteiger partial charge in [-0.1, -0.05) is 6.07 Å². The normalized spacial score (nSPS) is 18.5. The summed E-state index contributed by atoms with van der Waals surface area (Å²) >= 11 is 0. The van der Waals surface area contributed by atoms with Gasteiger partial charge in [0, 0.05) is 25.4 Å². The van der Waals surface area contributed by atoms with Crippen molar-refractivity contribution in [3.05, 3.63) is 23.8 Å². The van der Waals surface area contributed by atoms with Crippen molar-refractivity contribution >= 4 is 15.7 Å². The molecular formula is C12H18N2O3S. The van der Waals surface area contributed by atoms with Crippen LogP contribution in [0, 0.1) is 6.92 Å². The van der Waals surface area contributed by atoms with Crippen LogP contribution in [0.1, 0.15) is 12.0 Å². The lowest BCUT2D eigenvalue weighted by molar-refractivity contribution is 0.148. The number of nitrogens with zero attached hydrogens (tertiary/aromatic N) is 1. The van der Waals surface area contributed by atoms with Gasteiger partial charge in [0.25, 0.3) is 0 Å². The van der Waals surface area contributed by atoms with E-state index in [9.17, 15) is 8.42 Å². The molecule has 0 bridgehead atoms. The molecule has 100 valence electrons. The number of anilines is 1. The zero-order valence-corrected chi connectivity index (χ0v) is 11.2. The second-order valence-electron chi connectivity index (χ2n) is 4.39. The van der Waals surface area contributed by atoms with Crippen LogP contribution in [0.15, 0.2) is 23.1 Å². The smallest absolute Gasteiger partial charge is 0.243 e. The predicted molar refractivity (Wildman–Crippen MR) is 69.8 cm³/mol. The Morgan fingerprint density at radius 1 is 1.28 bits per heavy atom. The average Bonchev–Trinajstić information content (AvgIpc) is 2.61. The number of sulfonamides is 1. The van der Waals surface area contributed by atoms with E-state index < -0.39 is 10.0 Å². The van der Waals surface area contributed by atoms with Crippen molar-refractivity contribution in [1.29, 1.82) is 0 Å². The van der Waals surface area contributed by atoms with Crippen molar-refractivity contribution in [1.82, 2.24) is 4.31 Å². The number of rotatable bonds is 2. The van der Waals surface area contributed by atoms with Crippen LogP contribution < -0.4 is 5.73 Å². The first-order valence-electron chi connectivity index (χ1n) is 5.96. The summed E-state index contributed by atoms with van der Waals surface area (Å²) in [6, 6.07) is 4.97. The van der Waals surface area contributed by atoms with E-state index in [1.807, 2.05) is 0 Å². The third-order valence-electron chi connectivity index (χ3n) is 3.01. The first kappa shape index (κ1) is 13.3. The molecule has 1 heterocycles. The molecule has 0 aliphatic carbocycles. The van der Waals surface area contributed by atoms with Crippen LogP contribution in [0.3, 0.4) is 0 Å². The summed E-state index contributed by atoms with van der Waals surface area (Å²) in [4.78, 5) is 0.296. The van der Waals surface area contributed by atoms with Crippen LogP contribution in [0.5, 0.6) is 0 Å². The third-order valence-corrected chi connectivity index (χ3v) is 5.05. The summed E-state index contributed by atoms with van der Waals surface area (Å²) in [5, 5.41) is 0. The fourth-order valence-electron chi connectivity index (χ4n) is 2.00. The number of nitrogen functional groups attached to an aromatic ring is 1. The molecule has 1 aliphatic rings. The third kappa shape index (κ3) is 2.66. The molecule has 2 rings (SSSR count). The van der Waals surface area contributed by atoms with E-state index in [-0.39, 0.29) is 0 Å². The minimum Gasteiger partial charge on any atom is -0.399 e. The van der Waals surface area contributed by atoms with E-state index in [0.717, 1.165) is 12.0 Å². The largest absolute Gasteiger partial charge is 0.399 e. The first-order chi connectivity index (χ1) is 8.51. The number of aryl methyl sites for hydroxylation is 1. The lowest BCUT2D eigenvalue weighted by Gasteiger charge is -2.20. The molecule has 0 unspecified atom stereocenters. The molecule has 0 atom stereocenters. The van der Waals surface area contributed by atoms with E-state index in [1.54, 1.807) is 19.1 Å². The fraction of sp³-hybridized carbons (Fsp3) is 0.500. The zero-order valence-electron chi connectivity index (χ0n) is 10.4. The average molecular weight is 270 g/mol. The quantitative estimate of drug-likeness (QED) is 0.813. The van der Waals surface area contributed by atoms with E-state index >= 15 is 0 Å². The molecule has 18 heavy (non-hydrogen) atoms. The van der Waals surface area contributed by atoms with Crippen LogP contribution in [-0.2, 0) is 14.8 Å². The van der Waals surface area contributed by atoms with Crippen molar-refractivity contribution in [3.8, 4) is 0 Å². The molecule has 0 radical (unpaired) electrons. The Morgan fingerprint density at radius 2 is 2.06 bits per heavy atom. The van der Waals surface area contributed by atoms with Crippen molar-refractivity contribution in [2.75, 3.05) is 32.0 Å².